The fourth-order valence-electron chi connectivity index (χ4n) is 2.33. The first-order chi connectivity index (χ1) is 5.27. The molecule has 1 unspecified atom stereocenters. The van der Waals surface area contributed by atoms with Crippen LogP contribution in [0, 0.1) is 0 Å². The number of aliphatic hydroxyl groups excluding tert-OH is 1. The molecule has 2 rings (SSSR count). The van der Waals surface area contributed by atoms with Crippen LogP contribution in [0.4, 0.5) is 0 Å². The Kier molecular flexibility index (Phi) is 1.90. The zero-order valence-electron chi connectivity index (χ0n) is 7.16. The molecule has 0 spiro atoms. The van der Waals surface area contributed by atoms with Gasteiger partial charge in [-0.1, -0.05) is 0 Å². The molecular weight excluding hydrogens is 138 g/mol. The van der Waals surface area contributed by atoms with E-state index in [4.69, 9.17) is 5.11 Å². The molecule has 2 nitrogen and oxygen atoms in total. The number of likely N-dealkylation sites (tertiary alicyclic amines) is 1. The Balaban J connectivity index is 1.85. The molecule has 2 fully saturated rings. The fraction of sp³-hybridized carbons (Fsp3) is 1.00. The van der Waals surface area contributed by atoms with Gasteiger partial charge in [0.2, 0.25) is 0 Å². The maximum Gasteiger partial charge on any atom is 0.0570 e. The van der Waals surface area contributed by atoms with Gasteiger partial charge in [0.15, 0.2) is 0 Å². The summed E-state index contributed by atoms with van der Waals surface area (Å²) >= 11 is 0. The van der Waals surface area contributed by atoms with Gasteiger partial charge in [-0.2, -0.15) is 0 Å². The summed E-state index contributed by atoms with van der Waals surface area (Å²) in [5, 5.41) is 9.14. The molecule has 0 amide bonds. The molecule has 0 radical (unpaired) electrons. The zero-order valence-corrected chi connectivity index (χ0v) is 7.16. The molecule has 1 saturated heterocycles. The van der Waals surface area contributed by atoms with Crippen LogP contribution >= 0.6 is 0 Å². The Morgan fingerprint density at radius 1 is 1.36 bits per heavy atom. The van der Waals surface area contributed by atoms with E-state index in [1.165, 1.54) is 19.4 Å². The van der Waals surface area contributed by atoms with E-state index in [-0.39, 0.29) is 6.10 Å². The van der Waals surface area contributed by atoms with Crippen LogP contribution < -0.4 is 0 Å². The normalized spacial score (nSPS) is 45.8. The highest BCUT2D eigenvalue weighted by Crippen LogP contribution is 2.31. The van der Waals surface area contributed by atoms with Crippen molar-refractivity contribution in [3.05, 3.63) is 0 Å². The second-order valence-electron chi connectivity index (χ2n) is 4.01. The van der Waals surface area contributed by atoms with Crippen molar-refractivity contribution in [2.24, 2.45) is 0 Å². The summed E-state index contributed by atoms with van der Waals surface area (Å²) in [4.78, 5) is 2.56. The Morgan fingerprint density at radius 2 is 2.09 bits per heavy atom. The van der Waals surface area contributed by atoms with Gasteiger partial charge in [0, 0.05) is 12.1 Å². The minimum atomic E-state index is 0.00722. The summed E-state index contributed by atoms with van der Waals surface area (Å²) in [6, 6.07) is 1.48. The third-order valence-electron chi connectivity index (χ3n) is 3.16. The van der Waals surface area contributed by atoms with Crippen molar-refractivity contribution in [3.63, 3.8) is 0 Å². The average molecular weight is 155 g/mol. The van der Waals surface area contributed by atoms with Crippen molar-refractivity contribution in [1.82, 2.24) is 4.90 Å². The summed E-state index contributed by atoms with van der Waals surface area (Å²) in [5.74, 6) is 0. The lowest BCUT2D eigenvalue weighted by Gasteiger charge is -2.40. The number of aliphatic hydroxyl groups is 1. The van der Waals surface area contributed by atoms with Crippen molar-refractivity contribution < 1.29 is 5.11 Å². The van der Waals surface area contributed by atoms with Crippen molar-refractivity contribution in [1.29, 1.82) is 0 Å². The maximum atomic E-state index is 9.14. The van der Waals surface area contributed by atoms with Crippen LogP contribution in [0.5, 0.6) is 0 Å². The lowest BCUT2D eigenvalue weighted by Crippen LogP contribution is -2.48. The third-order valence-corrected chi connectivity index (χ3v) is 3.16. The Hall–Kier alpha value is -0.0800. The van der Waals surface area contributed by atoms with E-state index in [1.54, 1.807) is 0 Å². The van der Waals surface area contributed by atoms with Crippen LogP contribution in [0.1, 0.15) is 32.6 Å². The lowest BCUT2D eigenvalue weighted by atomic mass is 9.88. The van der Waals surface area contributed by atoms with E-state index in [2.05, 4.69) is 11.8 Å². The second-order valence-corrected chi connectivity index (χ2v) is 4.01. The number of rotatable bonds is 1. The standard InChI is InChI=1S/C9H17NO/c1-7-3-2-4-10(7)8-5-9(11)6-8/h7-9,11H,2-6H2,1H3. The maximum absolute atomic E-state index is 9.14. The van der Waals surface area contributed by atoms with Crippen LogP contribution in [0.3, 0.4) is 0 Å². The fourth-order valence-corrected chi connectivity index (χ4v) is 2.33. The highest BCUT2D eigenvalue weighted by Gasteiger charge is 2.36. The first kappa shape index (κ1) is 7.56. The molecule has 1 N–H and O–H groups in total. The van der Waals surface area contributed by atoms with Gasteiger partial charge in [-0.3, -0.25) is 4.90 Å². The summed E-state index contributed by atoms with van der Waals surface area (Å²) in [6.45, 7) is 3.57. The van der Waals surface area contributed by atoms with Crippen molar-refractivity contribution in [2.45, 2.75) is 50.8 Å². The molecule has 11 heavy (non-hydrogen) atoms. The molecule has 1 atom stereocenters. The van der Waals surface area contributed by atoms with Gasteiger partial charge in [0.25, 0.3) is 0 Å². The van der Waals surface area contributed by atoms with E-state index < -0.39 is 0 Å². The molecular formula is C9H17NO. The minimum Gasteiger partial charge on any atom is -0.393 e. The molecule has 0 bridgehead atoms. The van der Waals surface area contributed by atoms with Gasteiger partial charge in [0.1, 0.15) is 0 Å². The summed E-state index contributed by atoms with van der Waals surface area (Å²) in [5.41, 5.74) is 0. The average Bonchev–Trinajstić information content (AvgIpc) is 2.29. The van der Waals surface area contributed by atoms with Gasteiger partial charge in [0.05, 0.1) is 6.10 Å². The SMILES string of the molecule is CC1CCCN1C1CC(O)C1. The molecule has 0 aromatic rings. The second kappa shape index (κ2) is 2.76. The van der Waals surface area contributed by atoms with Gasteiger partial charge in [-0.15, -0.1) is 0 Å². The zero-order chi connectivity index (χ0) is 7.84. The third kappa shape index (κ3) is 1.30. The first-order valence-electron chi connectivity index (χ1n) is 4.71. The minimum absolute atomic E-state index is 0.00722. The number of hydrogen-bond donors (Lipinski definition) is 1. The van der Waals surface area contributed by atoms with Crippen LogP contribution in [-0.2, 0) is 0 Å². The van der Waals surface area contributed by atoms with E-state index in [0.717, 1.165) is 18.9 Å². The molecule has 64 valence electrons. The van der Waals surface area contributed by atoms with Crippen LogP contribution in [-0.4, -0.2) is 34.7 Å². The molecule has 1 aliphatic carbocycles. The van der Waals surface area contributed by atoms with Crippen LogP contribution in [0.2, 0.25) is 0 Å². The monoisotopic (exact) mass is 155 g/mol. The van der Waals surface area contributed by atoms with Crippen molar-refractivity contribution in [3.8, 4) is 0 Å². The highest BCUT2D eigenvalue weighted by molar-refractivity contribution is 4.91. The molecule has 1 saturated carbocycles. The summed E-state index contributed by atoms with van der Waals surface area (Å²) < 4.78 is 0. The smallest absolute Gasteiger partial charge is 0.0570 e. The van der Waals surface area contributed by atoms with Crippen LogP contribution in [0.25, 0.3) is 0 Å². The molecule has 1 aliphatic heterocycles. The predicted molar refractivity (Wildman–Crippen MR) is 44.4 cm³/mol. The molecule has 2 heteroatoms. The van der Waals surface area contributed by atoms with Crippen molar-refractivity contribution >= 4 is 0 Å². The first-order valence-corrected chi connectivity index (χ1v) is 4.71. The Morgan fingerprint density at radius 3 is 2.55 bits per heavy atom. The Bertz CT molecular complexity index is 142. The topological polar surface area (TPSA) is 23.5 Å². The largest absolute Gasteiger partial charge is 0.393 e. The van der Waals surface area contributed by atoms with Crippen molar-refractivity contribution in [2.75, 3.05) is 6.54 Å². The number of hydrogen-bond acceptors (Lipinski definition) is 2. The van der Waals surface area contributed by atoms with Gasteiger partial charge >= 0.3 is 0 Å². The molecule has 0 aromatic carbocycles. The van der Waals surface area contributed by atoms with Crippen LogP contribution in [0.15, 0.2) is 0 Å². The molecule has 0 aromatic heterocycles. The lowest BCUT2D eigenvalue weighted by molar-refractivity contribution is -0.00104. The van der Waals surface area contributed by atoms with Gasteiger partial charge < -0.3 is 5.11 Å². The summed E-state index contributed by atoms with van der Waals surface area (Å²) in [6.07, 6.45) is 4.75. The summed E-state index contributed by atoms with van der Waals surface area (Å²) in [7, 11) is 0. The molecule has 1 heterocycles. The predicted octanol–water partition coefficient (Wildman–Crippen LogP) is 0.994. The quantitative estimate of drug-likeness (QED) is 0.610. The van der Waals surface area contributed by atoms with Gasteiger partial charge in [-0.25, -0.2) is 0 Å². The molecule has 2 aliphatic rings. The highest BCUT2D eigenvalue weighted by atomic mass is 16.3. The van der Waals surface area contributed by atoms with E-state index in [0.29, 0.717) is 6.04 Å². The number of nitrogens with zero attached hydrogens (tertiary/aromatic N) is 1. The van der Waals surface area contributed by atoms with E-state index in [1.807, 2.05) is 0 Å². The van der Waals surface area contributed by atoms with E-state index in [9.17, 15) is 0 Å². The van der Waals surface area contributed by atoms with E-state index >= 15 is 0 Å². The Labute approximate surface area is 68.2 Å². The van der Waals surface area contributed by atoms with Gasteiger partial charge in [-0.05, 0) is 39.2 Å².